The number of rotatable bonds is 5. The van der Waals surface area contributed by atoms with Crippen molar-refractivity contribution in [3.8, 4) is 5.69 Å². The molecule has 0 aliphatic carbocycles. The van der Waals surface area contributed by atoms with Gasteiger partial charge >= 0.3 is 0 Å². The molecule has 0 saturated heterocycles. The van der Waals surface area contributed by atoms with Crippen molar-refractivity contribution >= 4 is 5.91 Å². The van der Waals surface area contributed by atoms with Crippen LogP contribution < -0.4 is 5.32 Å². The lowest BCUT2D eigenvalue weighted by Crippen LogP contribution is -2.27. The molecule has 1 N–H and O–H groups in total. The van der Waals surface area contributed by atoms with Gasteiger partial charge in [0.05, 0.1) is 17.5 Å². The lowest BCUT2D eigenvalue weighted by atomic mass is 10.0. The largest absolute Gasteiger partial charge is 0.351 e. The molecule has 3 rings (SSSR count). The van der Waals surface area contributed by atoms with E-state index in [9.17, 15) is 9.18 Å². The van der Waals surface area contributed by atoms with E-state index in [2.05, 4.69) is 17.3 Å². The Kier molecular flexibility index (Phi) is 4.93. The fourth-order valence-corrected chi connectivity index (χ4v) is 2.74. The zero-order chi connectivity index (χ0) is 17.8. The molecule has 0 aliphatic heterocycles. The summed E-state index contributed by atoms with van der Waals surface area (Å²) in [5, 5.41) is 7.10. The molecule has 25 heavy (non-hydrogen) atoms. The summed E-state index contributed by atoms with van der Waals surface area (Å²) < 4.78 is 15.4. The van der Waals surface area contributed by atoms with Gasteiger partial charge in [-0.15, -0.1) is 0 Å². The fourth-order valence-electron chi connectivity index (χ4n) is 2.74. The van der Waals surface area contributed by atoms with Crippen LogP contribution in [0.25, 0.3) is 5.69 Å². The Hall–Kier alpha value is -2.95. The van der Waals surface area contributed by atoms with Crippen LogP contribution in [0.3, 0.4) is 0 Å². The van der Waals surface area contributed by atoms with Crippen molar-refractivity contribution in [2.45, 2.75) is 19.8 Å². The van der Waals surface area contributed by atoms with Crippen LogP contribution >= 0.6 is 0 Å². The number of halogens is 1. The van der Waals surface area contributed by atoms with E-state index < -0.39 is 0 Å². The molecule has 0 radical (unpaired) electrons. The Morgan fingerprint density at radius 1 is 1.16 bits per heavy atom. The molecule has 2 aromatic carbocycles. The van der Waals surface area contributed by atoms with E-state index >= 15 is 0 Å². The number of aromatic nitrogens is 2. The molecule has 0 spiro atoms. The van der Waals surface area contributed by atoms with Gasteiger partial charge in [0.15, 0.2) is 0 Å². The van der Waals surface area contributed by atoms with E-state index in [1.807, 2.05) is 30.3 Å². The minimum Gasteiger partial charge on any atom is -0.351 e. The number of nitrogens with zero attached hydrogens (tertiary/aromatic N) is 2. The monoisotopic (exact) mass is 337 g/mol. The number of nitrogens with one attached hydrogen (secondary N) is 1. The standard InChI is InChI=1S/C20H20FN3O/c1-14(16-8-4-3-5-9-16)12-22-20(25)17-13-23-24(15(17)2)19-11-7-6-10-18(19)21/h3-11,13-14H,12H2,1-2H3,(H,22,25). The maximum Gasteiger partial charge on any atom is 0.254 e. The van der Waals surface area contributed by atoms with Gasteiger partial charge in [0.1, 0.15) is 11.5 Å². The minimum absolute atomic E-state index is 0.201. The Bertz CT molecular complexity index is 874. The van der Waals surface area contributed by atoms with Gasteiger partial charge in [0.25, 0.3) is 5.91 Å². The Morgan fingerprint density at radius 3 is 2.56 bits per heavy atom. The van der Waals surface area contributed by atoms with Crippen LogP contribution in [0.2, 0.25) is 0 Å². The van der Waals surface area contributed by atoms with Gasteiger partial charge in [0.2, 0.25) is 0 Å². The van der Waals surface area contributed by atoms with E-state index in [0.717, 1.165) is 0 Å². The third-order valence-corrected chi connectivity index (χ3v) is 4.27. The van der Waals surface area contributed by atoms with Crippen LogP contribution in [-0.4, -0.2) is 22.2 Å². The van der Waals surface area contributed by atoms with Gasteiger partial charge < -0.3 is 5.32 Å². The van der Waals surface area contributed by atoms with Gasteiger partial charge in [0, 0.05) is 6.54 Å². The first-order chi connectivity index (χ1) is 12.1. The van der Waals surface area contributed by atoms with Gasteiger partial charge in [-0.3, -0.25) is 4.79 Å². The number of carbonyl (C=O) groups excluding carboxylic acids is 1. The molecule has 1 aromatic heterocycles. The molecule has 1 unspecified atom stereocenters. The number of benzene rings is 2. The molecular weight excluding hydrogens is 317 g/mol. The second-order valence-electron chi connectivity index (χ2n) is 6.03. The highest BCUT2D eigenvalue weighted by atomic mass is 19.1. The quantitative estimate of drug-likeness (QED) is 0.768. The minimum atomic E-state index is -0.377. The van der Waals surface area contributed by atoms with Crippen molar-refractivity contribution in [3.05, 3.63) is 83.4 Å². The first-order valence-corrected chi connectivity index (χ1v) is 8.20. The average molecular weight is 337 g/mol. The van der Waals surface area contributed by atoms with Crippen LogP contribution in [-0.2, 0) is 0 Å². The third kappa shape index (κ3) is 3.60. The molecule has 1 atom stereocenters. The molecule has 128 valence electrons. The summed E-state index contributed by atoms with van der Waals surface area (Å²) in [6.45, 7) is 4.34. The van der Waals surface area contributed by atoms with Crippen LogP contribution in [0.15, 0.2) is 60.8 Å². The first-order valence-electron chi connectivity index (χ1n) is 8.20. The van der Waals surface area contributed by atoms with Gasteiger partial charge in [-0.1, -0.05) is 49.4 Å². The molecule has 0 fully saturated rings. The number of amides is 1. The summed E-state index contributed by atoms with van der Waals surface area (Å²) >= 11 is 0. The normalized spacial score (nSPS) is 12.0. The SMILES string of the molecule is Cc1c(C(=O)NCC(C)c2ccccc2)cnn1-c1ccccc1F. The molecule has 0 saturated carbocycles. The first kappa shape index (κ1) is 16.9. The second kappa shape index (κ2) is 7.30. The summed E-state index contributed by atoms with van der Waals surface area (Å²) in [5.41, 5.74) is 2.55. The number of carbonyl (C=O) groups is 1. The number of hydrogen-bond donors (Lipinski definition) is 1. The lowest BCUT2D eigenvalue weighted by Gasteiger charge is -2.13. The van der Waals surface area contributed by atoms with E-state index in [4.69, 9.17) is 0 Å². The van der Waals surface area contributed by atoms with Crippen molar-refractivity contribution in [2.24, 2.45) is 0 Å². The Morgan fingerprint density at radius 2 is 1.84 bits per heavy atom. The molecule has 0 aliphatic rings. The topological polar surface area (TPSA) is 46.9 Å². The van der Waals surface area contributed by atoms with Crippen molar-refractivity contribution < 1.29 is 9.18 Å². The predicted octanol–water partition coefficient (Wildman–Crippen LogP) is 3.85. The van der Waals surface area contributed by atoms with Crippen molar-refractivity contribution in [2.75, 3.05) is 6.54 Å². The summed E-state index contributed by atoms with van der Waals surface area (Å²) in [6.07, 6.45) is 1.48. The van der Waals surface area contributed by atoms with Gasteiger partial charge in [-0.25, -0.2) is 9.07 Å². The van der Waals surface area contributed by atoms with Crippen molar-refractivity contribution in [1.82, 2.24) is 15.1 Å². The average Bonchev–Trinajstić information content (AvgIpc) is 3.02. The van der Waals surface area contributed by atoms with Crippen LogP contribution in [0.5, 0.6) is 0 Å². The molecule has 3 aromatic rings. The molecule has 4 nitrogen and oxygen atoms in total. The molecule has 5 heteroatoms. The molecule has 0 bridgehead atoms. The highest BCUT2D eigenvalue weighted by Crippen LogP contribution is 2.18. The van der Waals surface area contributed by atoms with Crippen molar-refractivity contribution in [3.63, 3.8) is 0 Å². The zero-order valence-electron chi connectivity index (χ0n) is 14.2. The lowest BCUT2D eigenvalue weighted by molar-refractivity contribution is 0.0951. The van der Waals surface area contributed by atoms with Crippen LogP contribution in [0.1, 0.15) is 34.5 Å². The smallest absolute Gasteiger partial charge is 0.254 e. The van der Waals surface area contributed by atoms with Crippen LogP contribution in [0.4, 0.5) is 4.39 Å². The maximum absolute atomic E-state index is 13.9. The molecular formula is C20H20FN3O. The van der Waals surface area contributed by atoms with E-state index in [1.165, 1.54) is 22.5 Å². The van der Waals surface area contributed by atoms with Gasteiger partial charge in [-0.05, 0) is 30.5 Å². The van der Waals surface area contributed by atoms with Gasteiger partial charge in [-0.2, -0.15) is 5.10 Å². The Balaban J connectivity index is 1.72. The summed E-state index contributed by atoms with van der Waals surface area (Å²) in [6, 6.07) is 16.4. The highest BCUT2D eigenvalue weighted by Gasteiger charge is 2.17. The number of hydrogen-bond acceptors (Lipinski definition) is 2. The van der Waals surface area contributed by atoms with Crippen LogP contribution in [0, 0.1) is 12.7 Å². The summed E-state index contributed by atoms with van der Waals surface area (Å²) in [7, 11) is 0. The maximum atomic E-state index is 13.9. The van der Waals surface area contributed by atoms with E-state index in [-0.39, 0.29) is 17.6 Å². The Labute approximate surface area is 146 Å². The third-order valence-electron chi connectivity index (χ3n) is 4.27. The summed E-state index contributed by atoms with van der Waals surface area (Å²) in [4.78, 5) is 12.5. The van der Waals surface area contributed by atoms with E-state index in [1.54, 1.807) is 25.1 Å². The number of para-hydroxylation sites is 1. The fraction of sp³-hybridized carbons (Fsp3) is 0.200. The second-order valence-corrected chi connectivity index (χ2v) is 6.03. The highest BCUT2D eigenvalue weighted by molar-refractivity contribution is 5.95. The zero-order valence-corrected chi connectivity index (χ0v) is 14.2. The molecule has 1 heterocycles. The molecule has 1 amide bonds. The summed E-state index contributed by atoms with van der Waals surface area (Å²) in [5.74, 6) is -0.381. The van der Waals surface area contributed by atoms with Crippen molar-refractivity contribution in [1.29, 1.82) is 0 Å². The van der Waals surface area contributed by atoms with E-state index in [0.29, 0.717) is 23.5 Å². The predicted molar refractivity (Wildman–Crippen MR) is 95.4 cm³/mol.